The van der Waals surface area contributed by atoms with Crippen molar-refractivity contribution in [1.29, 1.82) is 0 Å². The van der Waals surface area contributed by atoms with E-state index in [-0.39, 0.29) is 22.9 Å². The maximum Gasteiger partial charge on any atom is 0.143 e. The van der Waals surface area contributed by atoms with E-state index in [9.17, 15) is 5.11 Å². The Labute approximate surface area is 164 Å². The number of nitrogens with zero attached hydrogens (tertiary/aromatic N) is 2. The van der Waals surface area contributed by atoms with Gasteiger partial charge >= 0.3 is 0 Å². The van der Waals surface area contributed by atoms with Crippen LogP contribution >= 0.6 is 23.2 Å². The number of rotatable bonds is 5. The van der Waals surface area contributed by atoms with E-state index in [1.165, 1.54) is 11.6 Å². The van der Waals surface area contributed by atoms with E-state index in [0.29, 0.717) is 10.6 Å². The summed E-state index contributed by atoms with van der Waals surface area (Å²) in [6, 6.07) is 13.6. The van der Waals surface area contributed by atoms with Crippen molar-refractivity contribution < 1.29 is 9.84 Å². The fraction of sp³-hybridized carbons (Fsp3) is 0.350. The Morgan fingerprint density at radius 3 is 2.54 bits per heavy atom. The van der Waals surface area contributed by atoms with Gasteiger partial charge in [-0.25, -0.2) is 0 Å². The second-order valence-electron chi connectivity index (χ2n) is 6.35. The number of halogens is 2. The minimum absolute atomic E-state index is 0.00495. The number of aliphatic imine (C=N–C) groups is 1. The van der Waals surface area contributed by atoms with Crippen LogP contribution in [0.1, 0.15) is 24.1 Å². The highest BCUT2D eigenvalue weighted by Gasteiger charge is 2.27. The van der Waals surface area contributed by atoms with Crippen LogP contribution in [0.5, 0.6) is 5.75 Å². The van der Waals surface area contributed by atoms with Crippen molar-refractivity contribution in [1.82, 2.24) is 4.90 Å². The molecule has 1 aliphatic heterocycles. The normalized spacial score (nSPS) is 18.1. The first-order valence-electron chi connectivity index (χ1n) is 8.64. The van der Waals surface area contributed by atoms with E-state index < -0.39 is 0 Å². The van der Waals surface area contributed by atoms with Gasteiger partial charge in [-0.2, -0.15) is 0 Å². The predicted octanol–water partition coefficient (Wildman–Crippen LogP) is 4.58. The summed E-state index contributed by atoms with van der Waals surface area (Å²) in [6.07, 6.45) is 1.65. The lowest BCUT2D eigenvalue weighted by Gasteiger charge is -2.37. The topological polar surface area (TPSA) is 45.1 Å². The number of phenols is 1. The Morgan fingerprint density at radius 1 is 1.15 bits per heavy atom. The van der Waals surface area contributed by atoms with E-state index >= 15 is 0 Å². The number of morpholine rings is 1. The molecule has 1 fully saturated rings. The fourth-order valence-electron chi connectivity index (χ4n) is 3.26. The third-order valence-corrected chi connectivity index (χ3v) is 5.05. The average Bonchev–Trinajstić information content (AvgIpc) is 2.65. The van der Waals surface area contributed by atoms with E-state index in [0.717, 1.165) is 26.3 Å². The van der Waals surface area contributed by atoms with Gasteiger partial charge in [-0.1, -0.05) is 53.5 Å². The molecule has 0 aliphatic carbocycles. The van der Waals surface area contributed by atoms with Gasteiger partial charge in [0.25, 0.3) is 0 Å². The van der Waals surface area contributed by atoms with Crippen molar-refractivity contribution in [2.24, 2.45) is 4.99 Å². The predicted molar refractivity (Wildman–Crippen MR) is 107 cm³/mol. The summed E-state index contributed by atoms with van der Waals surface area (Å²) in [5.41, 5.74) is 1.73. The summed E-state index contributed by atoms with van der Waals surface area (Å²) < 4.78 is 5.49. The Kier molecular flexibility index (Phi) is 6.54. The summed E-state index contributed by atoms with van der Waals surface area (Å²) in [5.74, 6) is -0.00495. The van der Waals surface area contributed by atoms with E-state index in [2.05, 4.69) is 24.0 Å². The van der Waals surface area contributed by atoms with Crippen LogP contribution in [-0.4, -0.2) is 48.6 Å². The Hall–Kier alpha value is -1.59. The molecule has 0 unspecified atom stereocenters. The van der Waals surface area contributed by atoms with Gasteiger partial charge in [0.2, 0.25) is 0 Å². The molecule has 138 valence electrons. The molecule has 0 amide bonds. The minimum Gasteiger partial charge on any atom is -0.506 e. The summed E-state index contributed by atoms with van der Waals surface area (Å²) in [7, 11) is 0. The van der Waals surface area contributed by atoms with Gasteiger partial charge in [0, 0.05) is 29.9 Å². The van der Waals surface area contributed by atoms with Gasteiger partial charge in [-0.15, -0.1) is 0 Å². The second kappa shape index (κ2) is 8.87. The summed E-state index contributed by atoms with van der Waals surface area (Å²) in [4.78, 5) is 7.10. The van der Waals surface area contributed by atoms with Crippen LogP contribution in [0.25, 0.3) is 0 Å². The maximum absolute atomic E-state index is 10.1. The molecular formula is C20H22Cl2N2O2. The summed E-state index contributed by atoms with van der Waals surface area (Å²) in [5, 5.41) is 10.8. The standard InChI is InChI=1S/C20H22Cl2N2O2/c1-14(23-13-16-11-17(21)12-18(22)20(16)25)19(15-5-3-2-4-6-15)24-7-9-26-10-8-24/h2-6,11-14,19,25H,7-10H2,1H3/t14-,19+/m0/s1. The third-order valence-electron chi connectivity index (χ3n) is 4.54. The van der Waals surface area contributed by atoms with Crippen LogP contribution in [-0.2, 0) is 4.74 Å². The van der Waals surface area contributed by atoms with E-state index in [4.69, 9.17) is 32.9 Å². The number of ether oxygens (including phenoxy) is 1. The summed E-state index contributed by atoms with van der Waals surface area (Å²) >= 11 is 12.0. The molecule has 1 heterocycles. The molecule has 3 rings (SSSR count). The largest absolute Gasteiger partial charge is 0.506 e. The average molecular weight is 393 g/mol. The molecule has 1 saturated heterocycles. The number of aromatic hydroxyl groups is 1. The lowest BCUT2D eigenvalue weighted by Crippen LogP contribution is -2.42. The third kappa shape index (κ3) is 4.57. The highest BCUT2D eigenvalue weighted by Crippen LogP contribution is 2.31. The fourth-order valence-corrected chi connectivity index (χ4v) is 3.77. The number of phenolic OH excluding ortho intramolecular Hbond substituents is 1. The first-order chi connectivity index (χ1) is 12.6. The number of benzene rings is 2. The van der Waals surface area contributed by atoms with Gasteiger partial charge in [0.05, 0.1) is 30.3 Å². The monoisotopic (exact) mass is 392 g/mol. The number of hydrogen-bond donors (Lipinski definition) is 1. The zero-order valence-corrected chi connectivity index (χ0v) is 16.1. The van der Waals surface area contributed by atoms with Gasteiger partial charge in [0.1, 0.15) is 5.75 Å². The zero-order chi connectivity index (χ0) is 18.5. The van der Waals surface area contributed by atoms with Gasteiger partial charge in [-0.05, 0) is 24.6 Å². The van der Waals surface area contributed by atoms with Crippen LogP contribution in [0, 0.1) is 0 Å². The van der Waals surface area contributed by atoms with Crippen molar-refractivity contribution in [3.8, 4) is 5.75 Å². The highest BCUT2D eigenvalue weighted by atomic mass is 35.5. The van der Waals surface area contributed by atoms with Crippen LogP contribution in [0.15, 0.2) is 47.5 Å². The molecule has 4 nitrogen and oxygen atoms in total. The van der Waals surface area contributed by atoms with E-state index in [1.807, 2.05) is 18.2 Å². The molecule has 26 heavy (non-hydrogen) atoms. The van der Waals surface area contributed by atoms with Crippen LogP contribution < -0.4 is 0 Å². The van der Waals surface area contributed by atoms with E-state index in [1.54, 1.807) is 12.3 Å². The van der Waals surface area contributed by atoms with Crippen molar-refractivity contribution >= 4 is 29.4 Å². The molecule has 1 N–H and O–H groups in total. The smallest absolute Gasteiger partial charge is 0.143 e. The van der Waals surface area contributed by atoms with Gasteiger partial charge < -0.3 is 9.84 Å². The SMILES string of the molecule is C[C@H](N=Cc1cc(Cl)cc(Cl)c1O)[C@H](c1ccccc1)N1CCOCC1. The van der Waals surface area contributed by atoms with Crippen LogP contribution in [0.3, 0.4) is 0 Å². The summed E-state index contributed by atoms with van der Waals surface area (Å²) in [6.45, 7) is 5.27. The molecule has 0 aromatic heterocycles. The van der Waals surface area contributed by atoms with Crippen LogP contribution in [0.2, 0.25) is 10.0 Å². The molecule has 2 atom stereocenters. The maximum atomic E-state index is 10.1. The Balaban J connectivity index is 1.87. The van der Waals surface area contributed by atoms with Gasteiger partial charge in [0.15, 0.2) is 0 Å². The molecule has 0 spiro atoms. The molecule has 2 aromatic rings. The van der Waals surface area contributed by atoms with Gasteiger partial charge in [-0.3, -0.25) is 9.89 Å². The molecule has 0 saturated carbocycles. The zero-order valence-electron chi connectivity index (χ0n) is 14.6. The minimum atomic E-state index is -0.0207. The molecule has 2 aromatic carbocycles. The second-order valence-corrected chi connectivity index (χ2v) is 7.19. The molecule has 0 radical (unpaired) electrons. The quantitative estimate of drug-likeness (QED) is 0.757. The lowest BCUT2D eigenvalue weighted by atomic mass is 9.98. The lowest BCUT2D eigenvalue weighted by molar-refractivity contribution is 0.0119. The molecule has 0 bridgehead atoms. The molecule has 6 heteroatoms. The van der Waals surface area contributed by atoms with Crippen molar-refractivity contribution in [3.63, 3.8) is 0 Å². The van der Waals surface area contributed by atoms with Crippen molar-refractivity contribution in [2.75, 3.05) is 26.3 Å². The Morgan fingerprint density at radius 2 is 1.85 bits per heavy atom. The Bertz CT molecular complexity index is 762. The first-order valence-corrected chi connectivity index (χ1v) is 9.40. The number of hydrogen-bond acceptors (Lipinski definition) is 4. The van der Waals surface area contributed by atoms with Crippen LogP contribution in [0.4, 0.5) is 0 Å². The molecular weight excluding hydrogens is 371 g/mol. The molecule has 1 aliphatic rings. The first kappa shape index (κ1) is 19.2. The highest BCUT2D eigenvalue weighted by molar-refractivity contribution is 6.36. The van der Waals surface area contributed by atoms with Crippen molar-refractivity contribution in [2.45, 2.75) is 19.0 Å². The van der Waals surface area contributed by atoms with Crippen molar-refractivity contribution in [3.05, 3.63) is 63.6 Å².